The second kappa shape index (κ2) is 6.83. The summed E-state index contributed by atoms with van der Waals surface area (Å²) in [5.41, 5.74) is 1.13. The number of benzene rings is 1. The summed E-state index contributed by atoms with van der Waals surface area (Å²) in [6, 6.07) is 7.92. The molecule has 2 aromatic heterocycles. The van der Waals surface area contributed by atoms with Crippen LogP contribution in [0.1, 0.15) is 42.6 Å². The Morgan fingerprint density at radius 1 is 1.19 bits per heavy atom. The van der Waals surface area contributed by atoms with Crippen LogP contribution in [0.3, 0.4) is 0 Å². The minimum absolute atomic E-state index is 0.0220. The maximum Gasteiger partial charge on any atom is 0.230 e. The van der Waals surface area contributed by atoms with Crippen LogP contribution < -0.4 is 0 Å². The van der Waals surface area contributed by atoms with Gasteiger partial charge in [0.05, 0.1) is 10.9 Å². The molecule has 4 rings (SSSR count). The Morgan fingerprint density at radius 2 is 1.85 bits per heavy atom. The van der Waals surface area contributed by atoms with Gasteiger partial charge in [-0.15, -0.1) is 5.10 Å². The average molecular weight is 391 g/mol. The number of piperidine rings is 1. The molecule has 0 unspecified atom stereocenters. The quantitative estimate of drug-likeness (QED) is 0.714. The first-order valence-corrected chi connectivity index (χ1v) is 10.2. The van der Waals surface area contributed by atoms with Crippen LogP contribution in [-0.2, 0) is 0 Å². The molecule has 26 heavy (non-hydrogen) atoms. The maximum absolute atomic E-state index is 10.9. The molecule has 1 N–H and O–H groups in total. The van der Waals surface area contributed by atoms with Gasteiger partial charge in [0.2, 0.25) is 10.8 Å². The third kappa shape index (κ3) is 3.21. The van der Waals surface area contributed by atoms with Crippen molar-refractivity contribution in [2.75, 3.05) is 13.1 Å². The number of hydrogen-bond donors (Lipinski definition) is 1. The van der Waals surface area contributed by atoms with Crippen LogP contribution in [-0.4, -0.2) is 37.7 Å². The van der Waals surface area contributed by atoms with Gasteiger partial charge in [-0.05, 0) is 42.9 Å². The van der Waals surface area contributed by atoms with Crippen LogP contribution in [0.5, 0.6) is 5.88 Å². The highest BCUT2D eigenvalue weighted by atomic mass is 35.5. The van der Waals surface area contributed by atoms with Crippen molar-refractivity contribution in [3.8, 4) is 5.88 Å². The first kappa shape index (κ1) is 17.8. The number of aromatic hydroxyl groups is 1. The zero-order valence-electron chi connectivity index (χ0n) is 15.2. The van der Waals surface area contributed by atoms with Crippen molar-refractivity contribution in [3.63, 3.8) is 0 Å². The smallest absolute Gasteiger partial charge is 0.230 e. The van der Waals surface area contributed by atoms with Crippen molar-refractivity contribution in [2.24, 2.45) is 11.8 Å². The second-order valence-corrected chi connectivity index (χ2v) is 8.94. The Bertz CT molecular complexity index is 910. The molecule has 0 bridgehead atoms. The van der Waals surface area contributed by atoms with Crippen molar-refractivity contribution in [2.45, 2.75) is 33.2 Å². The van der Waals surface area contributed by atoms with E-state index in [4.69, 9.17) is 11.6 Å². The van der Waals surface area contributed by atoms with E-state index in [1.807, 2.05) is 19.1 Å². The fraction of sp³-hybridized carbons (Fsp3) is 0.474. The standard InChI is InChI=1S/C19H23ClN4OS/c1-11-8-12(2)10-23(9-11)16(14-4-6-15(20)7-5-14)17-18(25)24-19(26-17)21-13(3)22-24/h4-7,11-12,16,25H,8-10H2,1-3H3/t11-,12-,16+/m1/s1. The Morgan fingerprint density at radius 3 is 2.46 bits per heavy atom. The molecule has 1 saturated heterocycles. The predicted octanol–water partition coefficient (Wildman–Crippen LogP) is 4.53. The SMILES string of the molecule is Cc1nc2sc([C@H](c3ccc(Cl)cc3)N3C[C@H](C)C[C@@H](C)C3)c(O)n2n1. The Hall–Kier alpha value is -1.63. The van der Waals surface area contributed by atoms with Gasteiger partial charge in [0.1, 0.15) is 5.82 Å². The third-order valence-electron chi connectivity index (χ3n) is 5.00. The number of aromatic nitrogens is 3. The number of likely N-dealkylation sites (tertiary alicyclic amines) is 1. The van der Waals surface area contributed by atoms with E-state index in [1.54, 1.807) is 4.52 Å². The summed E-state index contributed by atoms with van der Waals surface area (Å²) < 4.78 is 1.55. The van der Waals surface area contributed by atoms with Gasteiger partial charge in [-0.1, -0.05) is 48.9 Å². The van der Waals surface area contributed by atoms with Crippen LogP contribution >= 0.6 is 22.9 Å². The van der Waals surface area contributed by atoms with Crippen molar-refractivity contribution in [1.29, 1.82) is 0 Å². The normalized spacial score (nSPS) is 22.8. The molecule has 1 aromatic carbocycles. The number of halogens is 1. The second-order valence-electron chi connectivity index (χ2n) is 7.50. The van der Waals surface area contributed by atoms with Crippen LogP contribution in [0, 0.1) is 18.8 Å². The van der Waals surface area contributed by atoms with Gasteiger partial charge in [0.15, 0.2) is 0 Å². The lowest BCUT2D eigenvalue weighted by Crippen LogP contribution is -2.41. The van der Waals surface area contributed by atoms with E-state index in [2.05, 4.69) is 41.0 Å². The van der Waals surface area contributed by atoms with E-state index in [9.17, 15) is 5.11 Å². The predicted molar refractivity (Wildman–Crippen MR) is 105 cm³/mol. The molecule has 0 radical (unpaired) electrons. The van der Waals surface area contributed by atoms with Gasteiger partial charge in [-0.25, -0.2) is 4.98 Å². The Balaban J connectivity index is 1.82. The van der Waals surface area contributed by atoms with Crippen molar-refractivity contribution < 1.29 is 5.11 Å². The van der Waals surface area contributed by atoms with Crippen LogP contribution in [0.15, 0.2) is 24.3 Å². The maximum atomic E-state index is 10.9. The van der Waals surface area contributed by atoms with Gasteiger partial charge >= 0.3 is 0 Å². The molecule has 0 aliphatic carbocycles. The van der Waals surface area contributed by atoms with Gasteiger partial charge in [0, 0.05) is 18.1 Å². The van der Waals surface area contributed by atoms with Gasteiger partial charge < -0.3 is 5.11 Å². The summed E-state index contributed by atoms with van der Waals surface area (Å²) in [4.78, 5) is 8.52. The van der Waals surface area contributed by atoms with Crippen molar-refractivity contribution in [3.05, 3.63) is 45.6 Å². The Labute approximate surface area is 162 Å². The average Bonchev–Trinajstić information content (AvgIpc) is 3.07. The summed E-state index contributed by atoms with van der Waals surface area (Å²) in [7, 11) is 0. The largest absolute Gasteiger partial charge is 0.492 e. The fourth-order valence-corrected chi connectivity index (χ4v) is 5.41. The van der Waals surface area contributed by atoms with Gasteiger partial charge in [-0.2, -0.15) is 4.52 Å². The van der Waals surface area contributed by atoms with Crippen LogP contribution in [0.25, 0.3) is 4.96 Å². The summed E-state index contributed by atoms with van der Waals surface area (Å²) in [6.45, 7) is 8.44. The summed E-state index contributed by atoms with van der Waals surface area (Å²) >= 11 is 7.62. The molecule has 3 heterocycles. The molecule has 5 nitrogen and oxygen atoms in total. The van der Waals surface area contributed by atoms with E-state index < -0.39 is 0 Å². The number of hydrogen-bond acceptors (Lipinski definition) is 5. The molecule has 0 spiro atoms. The topological polar surface area (TPSA) is 53.7 Å². The number of fused-ring (bicyclic) bond motifs is 1. The van der Waals surface area contributed by atoms with E-state index >= 15 is 0 Å². The van der Waals surface area contributed by atoms with Gasteiger partial charge in [-0.3, -0.25) is 4.90 Å². The lowest BCUT2D eigenvalue weighted by molar-refractivity contribution is 0.112. The number of aryl methyl sites for hydroxylation is 1. The highest BCUT2D eigenvalue weighted by molar-refractivity contribution is 7.17. The Kier molecular flexibility index (Phi) is 4.67. The van der Waals surface area contributed by atoms with Gasteiger partial charge in [0.25, 0.3) is 0 Å². The van der Waals surface area contributed by atoms with Crippen LogP contribution in [0.4, 0.5) is 0 Å². The molecule has 3 aromatic rings. The summed E-state index contributed by atoms with van der Waals surface area (Å²) in [6.07, 6.45) is 1.24. The fourth-order valence-electron chi connectivity index (χ4n) is 4.12. The van der Waals surface area contributed by atoms with Crippen molar-refractivity contribution >= 4 is 27.9 Å². The minimum Gasteiger partial charge on any atom is -0.492 e. The zero-order valence-corrected chi connectivity index (χ0v) is 16.8. The number of nitrogens with zero attached hydrogens (tertiary/aromatic N) is 4. The monoisotopic (exact) mass is 390 g/mol. The number of rotatable bonds is 3. The molecule has 0 saturated carbocycles. The first-order chi connectivity index (χ1) is 12.4. The highest BCUT2D eigenvalue weighted by Crippen LogP contribution is 2.42. The molecular weight excluding hydrogens is 368 g/mol. The molecule has 7 heteroatoms. The molecule has 3 atom stereocenters. The van der Waals surface area contributed by atoms with E-state index in [1.165, 1.54) is 17.8 Å². The molecule has 0 amide bonds. The lowest BCUT2D eigenvalue weighted by Gasteiger charge is -2.40. The minimum atomic E-state index is -0.0220. The number of thiazole rings is 1. The zero-order chi connectivity index (χ0) is 18.4. The van der Waals surface area contributed by atoms with Crippen LogP contribution in [0.2, 0.25) is 5.02 Å². The molecule has 1 aliphatic heterocycles. The first-order valence-electron chi connectivity index (χ1n) is 8.97. The molecule has 138 valence electrons. The lowest BCUT2D eigenvalue weighted by atomic mass is 9.89. The molecular formula is C19H23ClN4OS. The highest BCUT2D eigenvalue weighted by Gasteiger charge is 2.33. The van der Waals surface area contributed by atoms with E-state index in [0.29, 0.717) is 17.7 Å². The summed E-state index contributed by atoms with van der Waals surface area (Å²) in [5, 5.41) is 15.9. The molecule has 1 aliphatic rings. The molecule has 1 fully saturated rings. The van der Waals surface area contributed by atoms with E-state index in [-0.39, 0.29) is 11.9 Å². The summed E-state index contributed by atoms with van der Waals surface area (Å²) in [5.74, 6) is 2.11. The van der Waals surface area contributed by atoms with Crippen molar-refractivity contribution in [1.82, 2.24) is 19.5 Å². The third-order valence-corrected chi connectivity index (χ3v) is 6.33. The van der Waals surface area contributed by atoms with E-state index in [0.717, 1.165) is 33.5 Å².